The molecule has 4 aliphatic rings. The molecule has 3 fully saturated rings. The Morgan fingerprint density at radius 1 is 1.18 bits per heavy atom. The topological polar surface area (TPSA) is 38.7 Å². The number of aliphatic hydroxyl groups is 1. The van der Waals surface area contributed by atoms with Crippen LogP contribution in [0.4, 0.5) is 0 Å². The molecule has 1 saturated heterocycles. The summed E-state index contributed by atoms with van der Waals surface area (Å²) >= 11 is 0. The van der Waals surface area contributed by atoms with Gasteiger partial charge in [0.1, 0.15) is 0 Å². The summed E-state index contributed by atoms with van der Waals surface area (Å²) in [7, 11) is 0. The Kier molecular flexibility index (Phi) is 3.49. The molecule has 4 rings (SSSR count). The van der Waals surface area contributed by atoms with Crippen LogP contribution >= 0.6 is 0 Å². The number of ether oxygens (including phenoxy) is 2. The standard InChI is InChI=1S/C19H30O3/c1-14-15-6-8-18(13-20)7-4-3-5-16(18)17(15,2)9-10-19(14)21-11-12-22-19/h5,14-15,20H,3-4,6-13H2,1-2H3/t14?,15-,17?,18?/m0/s1. The maximum atomic E-state index is 10.2. The highest BCUT2D eigenvalue weighted by Crippen LogP contribution is 2.65. The normalized spacial score (nSPS) is 47.0. The molecule has 1 spiro atoms. The molecule has 3 heteroatoms. The zero-order valence-electron chi connectivity index (χ0n) is 14.1. The van der Waals surface area contributed by atoms with E-state index in [1.807, 2.05) is 0 Å². The van der Waals surface area contributed by atoms with Crippen LogP contribution in [0.2, 0.25) is 0 Å². The molecule has 1 heterocycles. The molecule has 2 saturated carbocycles. The van der Waals surface area contributed by atoms with E-state index >= 15 is 0 Å². The first-order chi connectivity index (χ1) is 10.6. The van der Waals surface area contributed by atoms with Crippen molar-refractivity contribution in [3.05, 3.63) is 11.6 Å². The summed E-state index contributed by atoms with van der Waals surface area (Å²) < 4.78 is 12.2. The summed E-state index contributed by atoms with van der Waals surface area (Å²) in [5, 5.41) is 10.2. The summed E-state index contributed by atoms with van der Waals surface area (Å²) in [6.07, 6.45) is 10.5. The third-order valence-electron chi connectivity index (χ3n) is 7.52. The van der Waals surface area contributed by atoms with Crippen LogP contribution in [0.3, 0.4) is 0 Å². The lowest BCUT2D eigenvalue weighted by Crippen LogP contribution is -2.57. The molecule has 22 heavy (non-hydrogen) atoms. The van der Waals surface area contributed by atoms with Crippen LogP contribution in [0.15, 0.2) is 11.6 Å². The van der Waals surface area contributed by atoms with Crippen molar-refractivity contribution in [3.8, 4) is 0 Å². The van der Waals surface area contributed by atoms with Crippen molar-refractivity contribution in [1.82, 2.24) is 0 Å². The van der Waals surface area contributed by atoms with Gasteiger partial charge in [-0.15, -0.1) is 0 Å². The van der Waals surface area contributed by atoms with Gasteiger partial charge in [-0.05, 0) is 49.9 Å². The van der Waals surface area contributed by atoms with E-state index in [9.17, 15) is 5.11 Å². The molecule has 0 aromatic rings. The number of fused-ring (bicyclic) bond motifs is 3. The Labute approximate surface area is 134 Å². The monoisotopic (exact) mass is 306 g/mol. The van der Waals surface area contributed by atoms with Crippen molar-refractivity contribution >= 4 is 0 Å². The van der Waals surface area contributed by atoms with Gasteiger partial charge in [-0.1, -0.05) is 25.5 Å². The maximum absolute atomic E-state index is 10.2. The number of rotatable bonds is 1. The summed E-state index contributed by atoms with van der Waals surface area (Å²) in [5.41, 5.74) is 1.87. The molecule has 3 unspecified atom stereocenters. The predicted molar refractivity (Wildman–Crippen MR) is 85.3 cm³/mol. The van der Waals surface area contributed by atoms with Crippen LogP contribution < -0.4 is 0 Å². The fourth-order valence-corrected chi connectivity index (χ4v) is 6.30. The molecule has 0 bridgehead atoms. The van der Waals surface area contributed by atoms with E-state index < -0.39 is 0 Å². The lowest BCUT2D eigenvalue weighted by Gasteiger charge is -2.60. The molecular weight excluding hydrogens is 276 g/mol. The molecular formula is C19H30O3. The molecule has 3 aliphatic carbocycles. The average molecular weight is 306 g/mol. The highest BCUT2D eigenvalue weighted by atomic mass is 16.7. The second-order valence-corrected chi connectivity index (χ2v) is 8.31. The van der Waals surface area contributed by atoms with E-state index in [4.69, 9.17) is 9.47 Å². The van der Waals surface area contributed by atoms with Crippen LogP contribution in [0, 0.1) is 22.7 Å². The Morgan fingerprint density at radius 3 is 2.68 bits per heavy atom. The van der Waals surface area contributed by atoms with E-state index in [2.05, 4.69) is 19.9 Å². The minimum absolute atomic E-state index is 0.0745. The first-order valence-corrected chi connectivity index (χ1v) is 9.16. The Morgan fingerprint density at radius 2 is 1.95 bits per heavy atom. The highest BCUT2D eigenvalue weighted by molar-refractivity contribution is 5.30. The lowest BCUT2D eigenvalue weighted by atomic mass is 9.46. The zero-order valence-corrected chi connectivity index (χ0v) is 14.1. The molecule has 4 atom stereocenters. The molecule has 0 aromatic carbocycles. The molecule has 124 valence electrons. The van der Waals surface area contributed by atoms with Crippen molar-refractivity contribution < 1.29 is 14.6 Å². The first-order valence-electron chi connectivity index (χ1n) is 9.16. The summed E-state index contributed by atoms with van der Waals surface area (Å²) in [6, 6.07) is 0. The SMILES string of the molecule is CC1[C@@H]2CCC3(CO)CCCC=C3C2(C)CCC12OCCO2. The van der Waals surface area contributed by atoms with Crippen LogP contribution in [0.25, 0.3) is 0 Å². The maximum Gasteiger partial charge on any atom is 0.171 e. The molecule has 0 radical (unpaired) electrons. The van der Waals surface area contributed by atoms with Crippen molar-refractivity contribution in [2.24, 2.45) is 22.7 Å². The van der Waals surface area contributed by atoms with Crippen molar-refractivity contribution in [3.63, 3.8) is 0 Å². The molecule has 0 aromatic heterocycles. The number of hydrogen-bond acceptors (Lipinski definition) is 3. The van der Waals surface area contributed by atoms with Gasteiger partial charge >= 0.3 is 0 Å². The molecule has 1 N–H and O–H groups in total. The van der Waals surface area contributed by atoms with Crippen molar-refractivity contribution in [2.75, 3.05) is 19.8 Å². The van der Waals surface area contributed by atoms with Gasteiger partial charge < -0.3 is 14.6 Å². The largest absolute Gasteiger partial charge is 0.395 e. The number of aliphatic hydroxyl groups excluding tert-OH is 1. The van der Waals surface area contributed by atoms with Gasteiger partial charge in [0.2, 0.25) is 0 Å². The Bertz CT molecular complexity index is 479. The van der Waals surface area contributed by atoms with E-state index in [0.29, 0.717) is 18.4 Å². The van der Waals surface area contributed by atoms with Crippen LogP contribution in [-0.2, 0) is 9.47 Å². The molecule has 0 amide bonds. The second kappa shape index (κ2) is 5.06. The second-order valence-electron chi connectivity index (χ2n) is 8.31. The van der Waals surface area contributed by atoms with Crippen LogP contribution in [-0.4, -0.2) is 30.7 Å². The lowest BCUT2D eigenvalue weighted by molar-refractivity contribution is -0.244. The fraction of sp³-hybridized carbons (Fsp3) is 0.895. The Hall–Kier alpha value is -0.380. The van der Waals surface area contributed by atoms with Crippen LogP contribution in [0.1, 0.15) is 58.8 Å². The smallest absolute Gasteiger partial charge is 0.171 e. The Balaban J connectivity index is 1.71. The zero-order chi connectivity index (χ0) is 15.4. The fourth-order valence-electron chi connectivity index (χ4n) is 6.30. The van der Waals surface area contributed by atoms with Gasteiger partial charge in [0, 0.05) is 17.8 Å². The number of allylic oxidation sites excluding steroid dienone is 1. The minimum atomic E-state index is -0.321. The first kappa shape index (κ1) is 15.2. The van der Waals surface area contributed by atoms with Gasteiger partial charge in [0.05, 0.1) is 19.8 Å². The molecule has 1 aliphatic heterocycles. The minimum Gasteiger partial charge on any atom is -0.395 e. The summed E-state index contributed by atoms with van der Waals surface area (Å²) in [4.78, 5) is 0. The van der Waals surface area contributed by atoms with E-state index in [1.165, 1.54) is 25.7 Å². The van der Waals surface area contributed by atoms with E-state index in [-0.39, 0.29) is 16.6 Å². The van der Waals surface area contributed by atoms with Gasteiger partial charge in [0.15, 0.2) is 5.79 Å². The summed E-state index contributed by atoms with van der Waals surface area (Å²) in [6.45, 7) is 6.61. The van der Waals surface area contributed by atoms with Gasteiger partial charge in [0.25, 0.3) is 0 Å². The van der Waals surface area contributed by atoms with Crippen molar-refractivity contribution in [1.29, 1.82) is 0 Å². The summed E-state index contributed by atoms with van der Waals surface area (Å²) in [5.74, 6) is 0.732. The van der Waals surface area contributed by atoms with Crippen molar-refractivity contribution in [2.45, 2.75) is 64.6 Å². The highest BCUT2D eigenvalue weighted by Gasteiger charge is 2.60. The van der Waals surface area contributed by atoms with Gasteiger partial charge in [-0.3, -0.25) is 0 Å². The van der Waals surface area contributed by atoms with Gasteiger partial charge in [-0.25, -0.2) is 0 Å². The van der Waals surface area contributed by atoms with E-state index in [0.717, 1.165) is 32.5 Å². The van der Waals surface area contributed by atoms with E-state index in [1.54, 1.807) is 5.57 Å². The quantitative estimate of drug-likeness (QED) is 0.751. The number of hydrogen-bond donors (Lipinski definition) is 1. The third kappa shape index (κ3) is 1.85. The van der Waals surface area contributed by atoms with Gasteiger partial charge in [-0.2, -0.15) is 0 Å². The van der Waals surface area contributed by atoms with Crippen LogP contribution in [0.5, 0.6) is 0 Å². The predicted octanol–water partition coefficient (Wildman–Crippen LogP) is 3.66. The molecule has 3 nitrogen and oxygen atoms in total. The average Bonchev–Trinajstić information content (AvgIpc) is 3.02. The third-order valence-corrected chi connectivity index (χ3v) is 7.52.